The fraction of sp³-hybridized carbons (Fsp3) is 0.818. The highest BCUT2D eigenvalue weighted by Gasteiger charge is 2.68. The Kier molecular flexibility index (Phi) is 9.87. The van der Waals surface area contributed by atoms with Crippen molar-refractivity contribution in [1.29, 1.82) is 0 Å². The van der Waals surface area contributed by atoms with Crippen LogP contribution in [0.3, 0.4) is 0 Å². The van der Waals surface area contributed by atoms with Gasteiger partial charge in [-0.1, -0.05) is 25.5 Å². The van der Waals surface area contributed by atoms with Crippen molar-refractivity contribution in [3.63, 3.8) is 0 Å². The summed E-state index contributed by atoms with van der Waals surface area (Å²) >= 11 is 0. The van der Waals surface area contributed by atoms with Gasteiger partial charge in [0.05, 0.1) is 19.3 Å². The van der Waals surface area contributed by atoms with Crippen molar-refractivity contribution in [3.8, 4) is 0 Å². The van der Waals surface area contributed by atoms with Crippen LogP contribution in [0.25, 0.3) is 0 Å². The number of allylic oxidation sites excluding steroid dienone is 4. The summed E-state index contributed by atoms with van der Waals surface area (Å²) in [5, 5.41) is 95.3. The number of aliphatic hydroxyl groups is 9. The summed E-state index contributed by atoms with van der Waals surface area (Å²) in [5.74, 6) is -1.05. The molecule has 0 unspecified atom stereocenters. The smallest absolute Gasteiger partial charge is 0.190 e. The lowest BCUT2D eigenvalue weighted by Gasteiger charge is -2.59. The summed E-state index contributed by atoms with van der Waals surface area (Å²) in [5.41, 5.74) is -2.38. The van der Waals surface area contributed by atoms with Crippen LogP contribution in [0.2, 0.25) is 0 Å². The van der Waals surface area contributed by atoms with Gasteiger partial charge in [-0.25, -0.2) is 0 Å². The Morgan fingerprint density at radius 3 is 2.27 bits per heavy atom. The Bertz CT molecular complexity index is 1300. The maximum absolute atomic E-state index is 13.8. The predicted octanol–water partition coefficient (Wildman–Crippen LogP) is -2.79. The molecule has 2 saturated heterocycles. The molecule has 15 heteroatoms. The van der Waals surface area contributed by atoms with Gasteiger partial charge in [0.25, 0.3) is 0 Å². The minimum atomic E-state index is -1.87. The number of Topliss-reactive ketones (excluding diaryl/α,β-unsaturated/α-hetero) is 1. The molecule has 6 aliphatic rings. The molecule has 0 aromatic rings. The maximum atomic E-state index is 13.8. The van der Waals surface area contributed by atoms with Crippen molar-refractivity contribution in [2.24, 2.45) is 28.6 Å². The van der Waals surface area contributed by atoms with Gasteiger partial charge in [0.2, 0.25) is 0 Å². The van der Waals surface area contributed by atoms with E-state index in [1.807, 2.05) is 19.9 Å². The molecule has 17 atom stereocenters. The predicted molar refractivity (Wildman–Crippen MR) is 160 cm³/mol. The van der Waals surface area contributed by atoms with Gasteiger partial charge in [0.15, 0.2) is 24.1 Å². The third-order valence-corrected chi connectivity index (χ3v) is 12.4. The van der Waals surface area contributed by atoms with Crippen LogP contribution in [0.15, 0.2) is 23.8 Å². The van der Waals surface area contributed by atoms with E-state index in [0.717, 1.165) is 5.57 Å². The largest absolute Gasteiger partial charge is 0.394 e. The lowest BCUT2D eigenvalue weighted by atomic mass is 9.46. The molecule has 6 rings (SSSR count). The van der Waals surface area contributed by atoms with E-state index in [-0.39, 0.29) is 36.4 Å². The number of hydrogen-bond acceptors (Lipinski definition) is 15. The Labute approximate surface area is 277 Å². The second-order valence-corrected chi connectivity index (χ2v) is 14.8. The Morgan fingerprint density at radius 2 is 1.58 bits per heavy atom. The van der Waals surface area contributed by atoms with Gasteiger partial charge in [-0.05, 0) is 56.1 Å². The molecule has 9 N–H and O–H groups in total. The molecule has 2 heterocycles. The number of carbonyl (C=O) groups excluding carboxylic acids is 2. The van der Waals surface area contributed by atoms with Crippen molar-refractivity contribution in [1.82, 2.24) is 0 Å². The van der Waals surface area contributed by atoms with E-state index in [1.54, 1.807) is 12.2 Å². The molecule has 3 saturated carbocycles. The first-order chi connectivity index (χ1) is 22.6. The third kappa shape index (κ3) is 5.55. The van der Waals surface area contributed by atoms with Crippen LogP contribution in [0.1, 0.15) is 46.0 Å². The van der Waals surface area contributed by atoms with Gasteiger partial charge < -0.3 is 64.9 Å². The number of rotatable bonds is 8. The summed E-state index contributed by atoms with van der Waals surface area (Å²) in [7, 11) is 0. The van der Waals surface area contributed by atoms with Crippen LogP contribution in [-0.2, 0) is 28.5 Å². The van der Waals surface area contributed by atoms with Gasteiger partial charge in [-0.3, -0.25) is 9.59 Å². The normalized spacial score (nSPS) is 51.9. The summed E-state index contributed by atoms with van der Waals surface area (Å²) < 4.78 is 22.1. The molecule has 15 nitrogen and oxygen atoms in total. The van der Waals surface area contributed by atoms with Crippen molar-refractivity contribution in [2.75, 3.05) is 19.8 Å². The van der Waals surface area contributed by atoms with Crippen LogP contribution < -0.4 is 0 Å². The van der Waals surface area contributed by atoms with Crippen molar-refractivity contribution in [2.45, 2.75) is 119 Å². The zero-order chi connectivity index (χ0) is 34.9. The fourth-order valence-corrected chi connectivity index (χ4v) is 9.76. The average Bonchev–Trinajstić information content (AvgIpc) is 3.33. The lowest BCUT2D eigenvalue weighted by Crippen LogP contribution is -2.65. The second kappa shape index (κ2) is 13.1. The number of fused-ring (bicyclic) bond motifs is 5. The van der Waals surface area contributed by atoms with Gasteiger partial charge in [0, 0.05) is 16.7 Å². The van der Waals surface area contributed by atoms with Crippen LogP contribution in [0, 0.1) is 28.6 Å². The Balaban J connectivity index is 1.12. The second-order valence-electron chi connectivity index (χ2n) is 14.8. The fourth-order valence-electron chi connectivity index (χ4n) is 9.76. The summed E-state index contributed by atoms with van der Waals surface area (Å²) in [4.78, 5) is 25.9. The molecular formula is C33H48O15. The number of carbonyl (C=O) groups is 2. The minimum absolute atomic E-state index is 0.00826. The monoisotopic (exact) mass is 684 g/mol. The number of hydrogen-bond donors (Lipinski definition) is 9. The SMILES string of the molecule is C[C@]12C=CC(=O)C=C1CC[C@@H]1[C@@H]2[C@@H](O)C[C@@]2(C)[C@H]1CC[C@]2(O)C(=O)CO[C@@H]1O[C@H](CO)[C@@H](O[C@@H]2O[C@H](CO)[C@@H](O)[C@H](O)[C@H]2O)[C@H](O)[C@H]1O. The van der Waals surface area contributed by atoms with E-state index in [0.29, 0.717) is 19.3 Å². The first kappa shape index (κ1) is 36.1. The molecule has 0 amide bonds. The van der Waals surface area contributed by atoms with E-state index < -0.39 is 110 Å². The molecule has 4 aliphatic carbocycles. The molecule has 0 aromatic heterocycles. The molecular weight excluding hydrogens is 636 g/mol. The van der Waals surface area contributed by atoms with Crippen molar-refractivity contribution < 1.29 is 74.5 Å². The molecule has 0 bridgehead atoms. The Hall–Kier alpha value is -1.70. The molecule has 270 valence electrons. The van der Waals surface area contributed by atoms with E-state index in [2.05, 4.69) is 0 Å². The van der Waals surface area contributed by atoms with E-state index in [1.165, 1.54) is 0 Å². The first-order valence-electron chi connectivity index (χ1n) is 16.7. The van der Waals surface area contributed by atoms with E-state index >= 15 is 0 Å². The molecule has 0 aromatic carbocycles. The molecule has 48 heavy (non-hydrogen) atoms. The highest BCUT2D eigenvalue weighted by Crippen LogP contribution is 2.67. The van der Waals surface area contributed by atoms with E-state index in [9.17, 15) is 55.5 Å². The average molecular weight is 685 g/mol. The topological polar surface area (TPSA) is 253 Å². The molecule has 0 radical (unpaired) electrons. The highest BCUT2D eigenvalue weighted by atomic mass is 16.7. The standard InChI is InChI=1S/C33H48O15/c1-31-7-5-15(36)9-14(31)3-4-16-17-6-8-33(44,32(17,2)10-18(37)22(16)31)21(38)13-45-29-27(43)25(41)28(20(12-35)47-29)48-30-26(42)24(40)23(39)19(11-34)46-30/h5,7,9,16-20,22-30,34-35,37,39-44H,3-4,6,8,10-13H2,1-2H3/t16-,17-,18-,19+,20+,22+,23+,24-,25+,26+,27+,28+,29+,30-,31-,32-,33-/m0/s1. The highest BCUT2D eigenvalue weighted by molar-refractivity contribution is 6.01. The molecule has 2 aliphatic heterocycles. The van der Waals surface area contributed by atoms with Crippen LogP contribution in [0.5, 0.6) is 0 Å². The van der Waals surface area contributed by atoms with Crippen molar-refractivity contribution >= 4 is 11.6 Å². The molecule has 5 fully saturated rings. The number of ether oxygens (including phenoxy) is 4. The maximum Gasteiger partial charge on any atom is 0.190 e. The van der Waals surface area contributed by atoms with Gasteiger partial charge in [-0.15, -0.1) is 0 Å². The summed E-state index contributed by atoms with van der Waals surface area (Å²) in [6, 6.07) is 0. The minimum Gasteiger partial charge on any atom is -0.394 e. The van der Waals surface area contributed by atoms with Gasteiger partial charge >= 0.3 is 0 Å². The van der Waals surface area contributed by atoms with Gasteiger partial charge in [-0.2, -0.15) is 0 Å². The lowest BCUT2D eigenvalue weighted by molar-refractivity contribution is -0.358. The van der Waals surface area contributed by atoms with Crippen LogP contribution in [0.4, 0.5) is 0 Å². The third-order valence-electron chi connectivity index (χ3n) is 12.4. The Morgan fingerprint density at radius 1 is 0.917 bits per heavy atom. The van der Waals surface area contributed by atoms with Crippen LogP contribution in [-0.4, -0.2) is 150 Å². The summed E-state index contributed by atoms with van der Waals surface area (Å²) in [6.45, 7) is 1.63. The van der Waals surface area contributed by atoms with Gasteiger partial charge in [0.1, 0.15) is 61.0 Å². The number of ketones is 2. The molecule has 0 spiro atoms. The first-order valence-corrected chi connectivity index (χ1v) is 16.7. The summed E-state index contributed by atoms with van der Waals surface area (Å²) in [6.07, 6.45) is -10.0. The quantitative estimate of drug-likeness (QED) is 0.125. The zero-order valence-corrected chi connectivity index (χ0v) is 26.9. The number of aliphatic hydroxyl groups excluding tert-OH is 8. The van der Waals surface area contributed by atoms with Crippen molar-refractivity contribution in [3.05, 3.63) is 23.8 Å². The van der Waals surface area contributed by atoms with Crippen LogP contribution >= 0.6 is 0 Å². The zero-order valence-electron chi connectivity index (χ0n) is 26.9. The van der Waals surface area contributed by atoms with E-state index in [4.69, 9.17) is 18.9 Å².